The first-order chi connectivity index (χ1) is 25.6. The number of ether oxygens (including phenoxy) is 6. The third-order valence-corrected chi connectivity index (χ3v) is 12.3. The molecule has 0 fully saturated rings. The zero-order valence-electron chi connectivity index (χ0n) is 30.2. The van der Waals surface area contributed by atoms with Crippen LogP contribution >= 0.6 is 0 Å². The molecule has 2 unspecified atom stereocenters. The van der Waals surface area contributed by atoms with Gasteiger partial charge in [-0.25, -0.2) is 0 Å². The number of rotatable bonds is 5. The lowest BCUT2D eigenvalue weighted by molar-refractivity contribution is 0.103. The van der Waals surface area contributed by atoms with E-state index in [1.807, 2.05) is 12.4 Å². The minimum Gasteiger partial charge on any atom is -0.457 e. The van der Waals surface area contributed by atoms with Gasteiger partial charge in [0.05, 0.1) is 0 Å². The van der Waals surface area contributed by atoms with Crippen LogP contribution in [0.2, 0.25) is 0 Å². The summed E-state index contributed by atoms with van der Waals surface area (Å²) in [5.41, 5.74) is 13.5. The van der Waals surface area contributed by atoms with Gasteiger partial charge in [-0.05, 0) is 89.9 Å². The van der Waals surface area contributed by atoms with Crippen molar-refractivity contribution in [3.8, 4) is 34.5 Å². The van der Waals surface area contributed by atoms with Crippen LogP contribution in [-0.2, 0) is 0 Å². The number of hydrogen-bond acceptors (Lipinski definition) is 7. The van der Waals surface area contributed by atoms with Gasteiger partial charge in [0.2, 0.25) is 20.4 Å². The van der Waals surface area contributed by atoms with E-state index in [4.69, 9.17) is 28.4 Å². The Kier molecular flexibility index (Phi) is 7.41. The lowest BCUT2D eigenvalue weighted by Gasteiger charge is -2.38. The molecule has 0 amide bonds. The van der Waals surface area contributed by atoms with Crippen molar-refractivity contribution in [2.75, 3.05) is 20.4 Å². The van der Waals surface area contributed by atoms with Gasteiger partial charge in [0, 0.05) is 87.5 Å². The first kappa shape index (κ1) is 31.6. The van der Waals surface area contributed by atoms with Gasteiger partial charge in [-0.3, -0.25) is 4.98 Å². The predicted octanol–water partition coefficient (Wildman–Crippen LogP) is 10.2. The van der Waals surface area contributed by atoms with Crippen molar-refractivity contribution in [2.45, 2.75) is 83.0 Å². The Balaban J connectivity index is 1.35. The number of benzene rings is 4. The largest absolute Gasteiger partial charge is 0.457 e. The lowest BCUT2D eigenvalue weighted by Crippen LogP contribution is -2.24. The van der Waals surface area contributed by atoms with E-state index < -0.39 is 0 Å². The van der Waals surface area contributed by atoms with Crippen molar-refractivity contribution in [1.29, 1.82) is 0 Å². The zero-order valence-corrected chi connectivity index (χ0v) is 30.2. The summed E-state index contributed by atoms with van der Waals surface area (Å²) in [6, 6.07) is 22.7. The average molecular weight is 694 g/mol. The number of hydrogen-bond donors (Lipinski definition) is 0. The third kappa shape index (κ3) is 4.60. The molecule has 10 rings (SSSR count). The zero-order chi connectivity index (χ0) is 35.1. The van der Waals surface area contributed by atoms with Crippen LogP contribution in [0.25, 0.3) is 0 Å². The minimum absolute atomic E-state index is 0.0317. The molecule has 4 heterocycles. The molecule has 0 radical (unpaired) electrons. The topological polar surface area (TPSA) is 68.3 Å². The fourth-order valence-corrected chi connectivity index (χ4v) is 9.92. The minimum atomic E-state index is -0.0317. The van der Waals surface area contributed by atoms with Crippen molar-refractivity contribution in [1.82, 2.24) is 4.98 Å². The van der Waals surface area contributed by atoms with Crippen LogP contribution in [0.5, 0.6) is 34.5 Å². The van der Waals surface area contributed by atoms with E-state index in [2.05, 4.69) is 93.3 Å². The molecule has 2 atom stereocenters. The van der Waals surface area contributed by atoms with Gasteiger partial charge in [-0.15, -0.1) is 0 Å². The highest BCUT2D eigenvalue weighted by molar-refractivity contribution is 5.66. The Hall–Kier alpha value is -5.17. The van der Waals surface area contributed by atoms with Crippen molar-refractivity contribution in [3.05, 3.63) is 134 Å². The smallest absolute Gasteiger partial charge is 0.230 e. The molecule has 7 heteroatoms. The molecule has 3 aliphatic heterocycles. The Labute approximate surface area is 304 Å². The highest BCUT2D eigenvalue weighted by Crippen LogP contribution is 2.56. The standard InChI is InChI=1S/C45H43NO6/c1-5-25-29-13-31-26(6-2)33-15-35-28(8-4)36-16-34-27(7-3)32-14-30(25)38-18-40(32)48-22-50-42(34)20-44(36)52-23-51-43(35)19-41(33)49-21-47-39(31)17-37(29)45(38)24-9-11-46-12-10-24/h9-20,25-28,45H,5-8,21-23H2,1-4H3. The number of aromatic nitrogens is 1. The second-order valence-corrected chi connectivity index (χ2v) is 14.7. The van der Waals surface area contributed by atoms with E-state index in [0.717, 1.165) is 71.3 Å². The molecular formula is C45H43NO6. The van der Waals surface area contributed by atoms with Crippen molar-refractivity contribution < 1.29 is 28.4 Å². The van der Waals surface area contributed by atoms with E-state index in [-0.39, 0.29) is 50.0 Å². The number of nitrogens with zero attached hydrogens (tertiary/aromatic N) is 1. The fourth-order valence-electron chi connectivity index (χ4n) is 9.92. The van der Waals surface area contributed by atoms with Gasteiger partial charge < -0.3 is 28.4 Å². The molecule has 8 bridgehead atoms. The molecule has 1 aromatic heterocycles. The third-order valence-electron chi connectivity index (χ3n) is 12.3. The molecule has 2 aliphatic carbocycles. The van der Waals surface area contributed by atoms with Gasteiger partial charge in [-0.1, -0.05) is 39.8 Å². The average Bonchev–Trinajstić information content (AvgIpc) is 3.15. The van der Waals surface area contributed by atoms with Crippen LogP contribution in [0.15, 0.2) is 73.1 Å². The van der Waals surface area contributed by atoms with E-state index in [1.165, 1.54) is 50.1 Å². The van der Waals surface area contributed by atoms with Crippen LogP contribution in [0.3, 0.4) is 0 Å². The quantitative estimate of drug-likeness (QED) is 0.182. The maximum atomic E-state index is 6.59. The first-order valence-corrected chi connectivity index (χ1v) is 19.0. The fraction of sp³-hybridized carbons (Fsp3) is 0.356. The maximum Gasteiger partial charge on any atom is 0.230 e. The monoisotopic (exact) mass is 693 g/mol. The summed E-state index contributed by atoms with van der Waals surface area (Å²) in [6.07, 6.45) is 7.39. The summed E-state index contributed by atoms with van der Waals surface area (Å²) in [7, 11) is 0. The van der Waals surface area contributed by atoms with Crippen LogP contribution in [0.1, 0.15) is 144 Å². The van der Waals surface area contributed by atoms with Gasteiger partial charge in [0.1, 0.15) is 34.5 Å². The van der Waals surface area contributed by atoms with Crippen LogP contribution in [0, 0.1) is 0 Å². The van der Waals surface area contributed by atoms with E-state index >= 15 is 0 Å². The van der Waals surface area contributed by atoms with Gasteiger partial charge in [0.25, 0.3) is 0 Å². The van der Waals surface area contributed by atoms with Crippen LogP contribution in [0.4, 0.5) is 0 Å². The molecule has 5 aromatic rings. The Morgan fingerprint density at radius 1 is 0.404 bits per heavy atom. The van der Waals surface area contributed by atoms with Crippen molar-refractivity contribution in [3.63, 3.8) is 0 Å². The molecule has 52 heavy (non-hydrogen) atoms. The summed E-state index contributed by atoms with van der Waals surface area (Å²) in [5, 5.41) is 0. The highest BCUT2D eigenvalue weighted by atomic mass is 16.7. The maximum absolute atomic E-state index is 6.59. The normalized spacial score (nSPS) is 22.7. The van der Waals surface area contributed by atoms with Gasteiger partial charge >= 0.3 is 0 Å². The van der Waals surface area contributed by atoms with Crippen LogP contribution < -0.4 is 28.4 Å². The molecule has 264 valence electrons. The van der Waals surface area contributed by atoms with Gasteiger partial charge in [-0.2, -0.15) is 0 Å². The van der Waals surface area contributed by atoms with Gasteiger partial charge in [0.15, 0.2) is 0 Å². The Bertz CT molecular complexity index is 2100. The molecule has 0 spiro atoms. The van der Waals surface area contributed by atoms with E-state index in [0.29, 0.717) is 0 Å². The number of pyridine rings is 1. The Morgan fingerprint density at radius 3 is 1.06 bits per heavy atom. The van der Waals surface area contributed by atoms with E-state index in [9.17, 15) is 0 Å². The Morgan fingerprint density at radius 2 is 0.712 bits per heavy atom. The predicted molar refractivity (Wildman–Crippen MR) is 198 cm³/mol. The molecule has 4 aromatic carbocycles. The van der Waals surface area contributed by atoms with Crippen molar-refractivity contribution in [2.24, 2.45) is 0 Å². The van der Waals surface area contributed by atoms with E-state index in [1.54, 1.807) is 0 Å². The lowest BCUT2D eigenvalue weighted by atomic mass is 9.67. The second-order valence-electron chi connectivity index (χ2n) is 14.7. The summed E-state index contributed by atoms with van der Waals surface area (Å²) in [4.78, 5) is 4.40. The van der Waals surface area contributed by atoms with Crippen molar-refractivity contribution >= 4 is 0 Å². The SMILES string of the molecule is CCC1c2cc3c4cc2OCOc2cc5c(cc21)C(CC)c1cc2c(cc1OCO5)C(c1ccncc1)c1cc(c(cc1C2CC)C3CC)OCO4. The summed E-state index contributed by atoms with van der Waals surface area (Å²) in [5.74, 6) is 5.23. The highest BCUT2D eigenvalue weighted by Gasteiger charge is 2.39. The molecule has 0 saturated carbocycles. The molecule has 7 nitrogen and oxygen atoms in total. The molecular weight excluding hydrogens is 650 g/mol. The summed E-state index contributed by atoms with van der Waals surface area (Å²) < 4.78 is 38.9. The molecule has 0 saturated heterocycles. The molecule has 5 aliphatic rings. The second kappa shape index (κ2) is 12.2. The summed E-state index contributed by atoms with van der Waals surface area (Å²) in [6.45, 7) is 9.38. The summed E-state index contributed by atoms with van der Waals surface area (Å²) >= 11 is 0. The first-order valence-electron chi connectivity index (χ1n) is 19.0. The van der Waals surface area contributed by atoms with Crippen LogP contribution in [-0.4, -0.2) is 25.4 Å². The molecule has 0 N–H and O–H groups in total.